The van der Waals surface area contributed by atoms with Gasteiger partial charge in [-0.1, -0.05) is 0 Å². The Morgan fingerprint density at radius 1 is 1.32 bits per heavy atom. The van der Waals surface area contributed by atoms with Gasteiger partial charge < -0.3 is 10.1 Å². The quantitative estimate of drug-likeness (QED) is 0.545. The molecule has 0 fully saturated rings. The second-order valence-corrected chi connectivity index (χ2v) is 4.72. The van der Waals surface area contributed by atoms with Gasteiger partial charge >= 0.3 is 6.01 Å². The number of thiophene rings is 1. The fourth-order valence-corrected chi connectivity index (χ4v) is 2.28. The van der Waals surface area contributed by atoms with E-state index in [0.717, 1.165) is 0 Å². The minimum atomic E-state index is 0.246. The Morgan fingerprint density at radius 3 is 2.74 bits per heavy atom. The summed E-state index contributed by atoms with van der Waals surface area (Å²) >= 11 is 1.69. The van der Waals surface area contributed by atoms with Crippen LogP contribution in [0.3, 0.4) is 0 Å². The summed E-state index contributed by atoms with van der Waals surface area (Å²) in [6, 6.07) is 2.32. The zero-order chi connectivity index (χ0) is 13.7. The smallest absolute Gasteiger partial charge is 0.323 e. The molecule has 8 heteroatoms. The molecule has 0 atom stereocenters. The van der Waals surface area contributed by atoms with E-state index in [9.17, 15) is 0 Å². The van der Waals surface area contributed by atoms with E-state index >= 15 is 0 Å². The first-order valence-corrected chi connectivity index (χ1v) is 6.73. The lowest BCUT2D eigenvalue weighted by molar-refractivity contribution is 0.312. The van der Waals surface area contributed by atoms with Gasteiger partial charge in [0.1, 0.15) is 0 Å². The van der Waals surface area contributed by atoms with Gasteiger partial charge in [0, 0.05) is 4.88 Å². The molecule has 2 aromatic rings. The number of aromatic nitrogens is 3. The van der Waals surface area contributed by atoms with E-state index in [4.69, 9.17) is 10.6 Å². The molecule has 7 nitrogen and oxygen atoms in total. The summed E-state index contributed by atoms with van der Waals surface area (Å²) in [5, 5.41) is 5.19. The van der Waals surface area contributed by atoms with Crippen molar-refractivity contribution >= 4 is 23.2 Å². The number of hydrazine groups is 1. The van der Waals surface area contributed by atoms with Crippen LogP contribution in [-0.4, -0.2) is 21.6 Å². The molecule has 2 aromatic heterocycles. The Morgan fingerprint density at radius 2 is 2.11 bits per heavy atom. The first-order valence-electron chi connectivity index (χ1n) is 5.85. The van der Waals surface area contributed by atoms with Crippen LogP contribution in [0.15, 0.2) is 11.4 Å². The third kappa shape index (κ3) is 3.52. The van der Waals surface area contributed by atoms with E-state index in [1.807, 2.05) is 6.92 Å². The highest BCUT2D eigenvalue weighted by Crippen LogP contribution is 2.17. The Kier molecular flexibility index (Phi) is 4.48. The van der Waals surface area contributed by atoms with Crippen molar-refractivity contribution in [1.82, 2.24) is 15.0 Å². The van der Waals surface area contributed by atoms with Crippen molar-refractivity contribution in [2.24, 2.45) is 5.84 Å². The van der Waals surface area contributed by atoms with Crippen LogP contribution in [-0.2, 0) is 6.54 Å². The van der Waals surface area contributed by atoms with Crippen LogP contribution in [0.25, 0.3) is 0 Å². The summed E-state index contributed by atoms with van der Waals surface area (Å²) in [6.45, 7) is 5.07. The van der Waals surface area contributed by atoms with E-state index in [0.29, 0.717) is 19.1 Å². The van der Waals surface area contributed by atoms with Gasteiger partial charge in [-0.2, -0.15) is 15.0 Å². The van der Waals surface area contributed by atoms with Gasteiger partial charge in [-0.05, 0) is 30.9 Å². The summed E-state index contributed by atoms with van der Waals surface area (Å²) in [5.74, 6) is 6.01. The standard InChI is InChI=1S/C11H16N6OS/c1-3-18-11-15-9(14-10(16-11)17-12)13-6-8-7(2)4-5-19-8/h4-5H,3,6,12H2,1-2H3,(H2,13,14,15,16,17). The van der Waals surface area contributed by atoms with Crippen molar-refractivity contribution in [2.75, 3.05) is 17.3 Å². The number of nitrogens with two attached hydrogens (primary N) is 1. The van der Waals surface area contributed by atoms with Crippen LogP contribution in [0, 0.1) is 6.92 Å². The second-order valence-electron chi connectivity index (χ2n) is 3.72. The highest BCUT2D eigenvalue weighted by Gasteiger charge is 2.07. The van der Waals surface area contributed by atoms with Crippen LogP contribution in [0.1, 0.15) is 17.4 Å². The molecule has 4 N–H and O–H groups in total. The average molecular weight is 280 g/mol. The van der Waals surface area contributed by atoms with Crippen molar-refractivity contribution in [3.63, 3.8) is 0 Å². The van der Waals surface area contributed by atoms with Crippen LogP contribution in [0.5, 0.6) is 6.01 Å². The van der Waals surface area contributed by atoms with Gasteiger partial charge in [0.2, 0.25) is 11.9 Å². The number of anilines is 2. The fraction of sp³-hybridized carbons (Fsp3) is 0.364. The molecule has 0 amide bonds. The molecule has 0 aromatic carbocycles. The number of aryl methyl sites for hydroxylation is 1. The predicted octanol–water partition coefficient (Wildman–Crippen LogP) is 1.54. The number of rotatable bonds is 6. The maximum Gasteiger partial charge on any atom is 0.323 e. The molecule has 0 radical (unpaired) electrons. The van der Waals surface area contributed by atoms with Crippen LogP contribution >= 0.6 is 11.3 Å². The van der Waals surface area contributed by atoms with Gasteiger partial charge in [0.15, 0.2) is 0 Å². The van der Waals surface area contributed by atoms with Crippen molar-refractivity contribution in [1.29, 1.82) is 0 Å². The topological polar surface area (TPSA) is 98.0 Å². The molecule has 0 spiro atoms. The third-order valence-corrected chi connectivity index (χ3v) is 3.42. The highest BCUT2D eigenvalue weighted by atomic mass is 32.1. The zero-order valence-corrected chi connectivity index (χ0v) is 11.6. The zero-order valence-electron chi connectivity index (χ0n) is 10.8. The molecule has 0 aliphatic carbocycles. The van der Waals surface area contributed by atoms with Crippen molar-refractivity contribution in [2.45, 2.75) is 20.4 Å². The summed E-state index contributed by atoms with van der Waals surface area (Å²) in [5.41, 5.74) is 3.64. The summed E-state index contributed by atoms with van der Waals surface area (Å²) in [7, 11) is 0. The number of hydrogen-bond acceptors (Lipinski definition) is 8. The maximum absolute atomic E-state index is 5.31. The molecule has 2 rings (SSSR count). The van der Waals surface area contributed by atoms with Crippen LogP contribution < -0.4 is 21.3 Å². The number of nitrogens with one attached hydrogen (secondary N) is 2. The third-order valence-electron chi connectivity index (χ3n) is 2.39. The molecule has 0 saturated heterocycles. The van der Waals surface area contributed by atoms with Crippen molar-refractivity contribution in [3.8, 4) is 6.01 Å². The number of nitrogens with zero attached hydrogens (tertiary/aromatic N) is 3. The lowest BCUT2D eigenvalue weighted by atomic mass is 10.3. The molecule has 0 aliphatic heterocycles. The molecular weight excluding hydrogens is 264 g/mol. The van der Waals surface area contributed by atoms with Gasteiger partial charge in [0.25, 0.3) is 0 Å². The number of nitrogen functional groups attached to an aromatic ring is 1. The maximum atomic E-state index is 5.31. The normalized spacial score (nSPS) is 10.3. The lowest BCUT2D eigenvalue weighted by Crippen LogP contribution is -2.14. The largest absolute Gasteiger partial charge is 0.464 e. The van der Waals surface area contributed by atoms with E-state index in [-0.39, 0.29) is 12.0 Å². The molecule has 0 unspecified atom stereocenters. The molecule has 102 valence electrons. The second kappa shape index (κ2) is 6.30. The fourth-order valence-electron chi connectivity index (χ4n) is 1.44. The highest BCUT2D eigenvalue weighted by molar-refractivity contribution is 7.10. The minimum absolute atomic E-state index is 0.246. The average Bonchev–Trinajstić information content (AvgIpc) is 2.82. The Bertz CT molecular complexity index is 544. The van der Waals surface area contributed by atoms with Gasteiger partial charge in [0.05, 0.1) is 13.2 Å². The van der Waals surface area contributed by atoms with Gasteiger partial charge in [-0.3, -0.25) is 5.43 Å². The van der Waals surface area contributed by atoms with Crippen molar-refractivity contribution in [3.05, 3.63) is 21.9 Å². The minimum Gasteiger partial charge on any atom is -0.464 e. The molecule has 19 heavy (non-hydrogen) atoms. The number of hydrogen-bond donors (Lipinski definition) is 3. The monoisotopic (exact) mass is 280 g/mol. The van der Waals surface area contributed by atoms with E-state index in [1.54, 1.807) is 11.3 Å². The molecule has 2 heterocycles. The first kappa shape index (κ1) is 13.5. The molecule has 0 bridgehead atoms. The molecular formula is C11H16N6OS. The number of ether oxygens (including phenoxy) is 1. The Labute approximate surface area is 115 Å². The Balaban J connectivity index is 2.10. The lowest BCUT2D eigenvalue weighted by Gasteiger charge is -2.08. The van der Waals surface area contributed by atoms with E-state index in [2.05, 4.69) is 44.1 Å². The molecule has 0 aliphatic rings. The summed E-state index contributed by atoms with van der Waals surface area (Å²) < 4.78 is 5.25. The van der Waals surface area contributed by atoms with Gasteiger partial charge in [-0.25, -0.2) is 5.84 Å². The summed E-state index contributed by atoms with van der Waals surface area (Å²) in [4.78, 5) is 13.5. The van der Waals surface area contributed by atoms with Crippen molar-refractivity contribution < 1.29 is 4.74 Å². The van der Waals surface area contributed by atoms with E-state index < -0.39 is 0 Å². The Hall–Kier alpha value is -1.93. The van der Waals surface area contributed by atoms with E-state index in [1.165, 1.54) is 10.4 Å². The van der Waals surface area contributed by atoms with Gasteiger partial charge in [-0.15, -0.1) is 11.3 Å². The predicted molar refractivity (Wildman–Crippen MR) is 75.2 cm³/mol. The SMILES string of the molecule is CCOc1nc(NN)nc(NCc2sccc2C)n1. The first-order chi connectivity index (χ1) is 9.22. The summed E-state index contributed by atoms with van der Waals surface area (Å²) in [6.07, 6.45) is 0. The molecule has 0 saturated carbocycles. The van der Waals surface area contributed by atoms with Crippen LogP contribution in [0.2, 0.25) is 0 Å². The van der Waals surface area contributed by atoms with Crippen LogP contribution in [0.4, 0.5) is 11.9 Å².